The second-order valence-electron chi connectivity index (χ2n) is 7.05. The summed E-state index contributed by atoms with van der Waals surface area (Å²) in [6, 6.07) is 9.57. The second kappa shape index (κ2) is 9.75. The van der Waals surface area contributed by atoms with Crippen LogP contribution in [0, 0.1) is 13.8 Å². The van der Waals surface area contributed by atoms with Crippen LogP contribution < -0.4 is 5.32 Å². The highest BCUT2D eigenvalue weighted by Crippen LogP contribution is 2.21. The fourth-order valence-electron chi connectivity index (χ4n) is 3.32. The van der Waals surface area contributed by atoms with E-state index in [-0.39, 0.29) is 17.6 Å². The number of aryl methyl sites for hydroxylation is 2. The molecule has 0 radical (unpaired) electrons. The highest BCUT2D eigenvalue weighted by molar-refractivity contribution is 7.99. The Hall–Kier alpha value is -2.87. The predicted octanol–water partition coefficient (Wildman–Crippen LogP) is 3.65. The summed E-state index contributed by atoms with van der Waals surface area (Å²) in [5, 5.41) is 4.50. The molecule has 0 atom stereocenters. The zero-order valence-corrected chi connectivity index (χ0v) is 18.6. The molecule has 0 aliphatic carbocycles. The summed E-state index contributed by atoms with van der Waals surface area (Å²) in [4.78, 5) is 35.2. The van der Waals surface area contributed by atoms with Crippen molar-refractivity contribution in [2.24, 2.45) is 0 Å². The van der Waals surface area contributed by atoms with Gasteiger partial charge in [-0.2, -0.15) is 0 Å². The molecule has 1 aromatic carbocycles. The number of amides is 2. The lowest BCUT2D eigenvalue weighted by molar-refractivity contribution is -0.131. The zero-order valence-electron chi connectivity index (χ0n) is 17.8. The van der Waals surface area contributed by atoms with E-state index in [0.29, 0.717) is 24.8 Å². The molecule has 0 saturated heterocycles. The Kier molecular flexibility index (Phi) is 7.10. The first-order valence-electron chi connectivity index (χ1n) is 10.0. The smallest absolute Gasteiger partial charge is 0.242 e. The van der Waals surface area contributed by atoms with Crippen molar-refractivity contribution in [3.63, 3.8) is 0 Å². The molecule has 2 amide bonds. The van der Waals surface area contributed by atoms with E-state index >= 15 is 0 Å². The Morgan fingerprint density at radius 1 is 1.07 bits per heavy atom. The summed E-state index contributed by atoms with van der Waals surface area (Å²) < 4.78 is 1.94. The van der Waals surface area contributed by atoms with Crippen LogP contribution in [0.3, 0.4) is 0 Å². The van der Waals surface area contributed by atoms with Crippen molar-refractivity contribution in [3.8, 4) is 0 Å². The maximum Gasteiger partial charge on any atom is 0.242 e. The van der Waals surface area contributed by atoms with Gasteiger partial charge in [0.2, 0.25) is 11.8 Å². The molecule has 30 heavy (non-hydrogen) atoms. The monoisotopic (exact) mass is 425 g/mol. The average Bonchev–Trinajstić information content (AvgIpc) is 3.08. The fourth-order valence-corrected chi connectivity index (χ4v) is 4.07. The summed E-state index contributed by atoms with van der Waals surface area (Å²) >= 11 is 1.32. The number of benzene rings is 1. The van der Waals surface area contributed by atoms with Gasteiger partial charge < -0.3 is 14.8 Å². The van der Waals surface area contributed by atoms with E-state index in [9.17, 15) is 9.59 Å². The first kappa shape index (κ1) is 21.8. The van der Waals surface area contributed by atoms with Gasteiger partial charge in [-0.05, 0) is 58.0 Å². The Morgan fingerprint density at radius 2 is 1.77 bits per heavy atom. The summed E-state index contributed by atoms with van der Waals surface area (Å²) in [7, 11) is 0. The lowest BCUT2D eigenvalue weighted by Gasteiger charge is -2.19. The van der Waals surface area contributed by atoms with Gasteiger partial charge in [-0.15, -0.1) is 0 Å². The molecule has 0 fully saturated rings. The van der Waals surface area contributed by atoms with Crippen LogP contribution in [0.4, 0.5) is 5.69 Å². The van der Waals surface area contributed by atoms with Gasteiger partial charge in [0.05, 0.1) is 5.75 Å². The first-order valence-corrected chi connectivity index (χ1v) is 11.0. The predicted molar refractivity (Wildman–Crippen MR) is 121 cm³/mol. The SMILES string of the molecule is CCN(CC)C(=O)Cn1ccc2cc(NC(=O)CSc3nc(C)cc(C)n3)ccc21. The van der Waals surface area contributed by atoms with Crippen molar-refractivity contribution in [2.75, 3.05) is 24.2 Å². The Morgan fingerprint density at radius 3 is 2.43 bits per heavy atom. The number of likely N-dealkylation sites (N-methyl/N-ethyl adjacent to an activating group) is 1. The molecule has 8 heteroatoms. The summed E-state index contributed by atoms with van der Waals surface area (Å²) in [6.07, 6.45) is 1.91. The minimum absolute atomic E-state index is 0.0977. The number of carbonyl (C=O) groups is 2. The largest absolute Gasteiger partial charge is 0.342 e. The van der Waals surface area contributed by atoms with E-state index in [1.54, 1.807) is 0 Å². The number of hydrogen-bond acceptors (Lipinski definition) is 5. The summed E-state index contributed by atoms with van der Waals surface area (Å²) in [6.45, 7) is 9.50. The minimum Gasteiger partial charge on any atom is -0.342 e. The summed E-state index contributed by atoms with van der Waals surface area (Å²) in [5.41, 5.74) is 3.47. The molecule has 0 spiro atoms. The standard InChI is InChI=1S/C22H27N5O2S/c1-5-26(6-2)21(29)13-27-10-9-17-12-18(7-8-19(17)27)25-20(28)14-30-22-23-15(3)11-16(4)24-22/h7-12H,5-6,13-14H2,1-4H3,(H,25,28). The highest BCUT2D eigenvalue weighted by Gasteiger charge is 2.12. The van der Waals surface area contributed by atoms with Gasteiger partial charge in [-0.3, -0.25) is 9.59 Å². The van der Waals surface area contributed by atoms with Crippen LogP contribution in [-0.4, -0.2) is 50.1 Å². The number of thioether (sulfide) groups is 1. The van der Waals surface area contributed by atoms with E-state index in [4.69, 9.17) is 0 Å². The van der Waals surface area contributed by atoms with E-state index in [0.717, 1.165) is 28.0 Å². The normalized spacial score (nSPS) is 10.9. The second-order valence-corrected chi connectivity index (χ2v) is 8.00. The first-order chi connectivity index (χ1) is 14.4. The van der Waals surface area contributed by atoms with Gasteiger partial charge >= 0.3 is 0 Å². The minimum atomic E-state index is -0.113. The third kappa shape index (κ3) is 5.38. The van der Waals surface area contributed by atoms with Gasteiger partial charge in [0.25, 0.3) is 0 Å². The molecular formula is C22H27N5O2S. The van der Waals surface area contributed by atoms with Crippen molar-refractivity contribution in [1.29, 1.82) is 0 Å². The van der Waals surface area contributed by atoms with E-state index in [2.05, 4.69) is 15.3 Å². The molecule has 7 nitrogen and oxygen atoms in total. The van der Waals surface area contributed by atoms with E-state index in [1.165, 1.54) is 11.8 Å². The Bertz CT molecular complexity index is 1040. The number of nitrogens with one attached hydrogen (secondary N) is 1. The number of carbonyl (C=O) groups excluding carboxylic acids is 2. The van der Waals surface area contributed by atoms with Gasteiger partial charge in [-0.25, -0.2) is 9.97 Å². The fraction of sp³-hybridized carbons (Fsp3) is 0.364. The Balaban J connectivity index is 1.63. The van der Waals surface area contributed by atoms with Crippen molar-refractivity contribution in [1.82, 2.24) is 19.4 Å². The molecule has 1 N–H and O–H groups in total. The number of rotatable bonds is 8. The maximum atomic E-state index is 12.4. The number of aromatic nitrogens is 3. The quantitative estimate of drug-likeness (QED) is 0.440. The topological polar surface area (TPSA) is 80.1 Å². The van der Waals surface area contributed by atoms with Crippen LogP contribution in [0.1, 0.15) is 25.2 Å². The van der Waals surface area contributed by atoms with Crippen molar-refractivity contribution < 1.29 is 9.59 Å². The van der Waals surface area contributed by atoms with Crippen molar-refractivity contribution >= 4 is 40.2 Å². The molecule has 3 rings (SSSR count). The van der Waals surface area contributed by atoms with Crippen molar-refractivity contribution in [3.05, 3.63) is 47.9 Å². The number of fused-ring (bicyclic) bond motifs is 1. The van der Waals surface area contributed by atoms with E-state index in [1.807, 2.05) is 73.7 Å². The third-order valence-corrected chi connectivity index (χ3v) is 5.62. The molecule has 158 valence electrons. The van der Waals surface area contributed by atoms with Crippen molar-refractivity contribution in [2.45, 2.75) is 39.4 Å². The van der Waals surface area contributed by atoms with Gasteiger partial charge in [-0.1, -0.05) is 11.8 Å². The lowest BCUT2D eigenvalue weighted by atomic mass is 10.2. The maximum absolute atomic E-state index is 12.4. The molecule has 0 unspecified atom stereocenters. The average molecular weight is 426 g/mol. The van der Waals surface area contributed by atoms with Crippen LogP contribution in [-0.2, 0) is 16.1 Å². The molecule has 0 bridgehead atoms. The van der Waals surface area contributed by atoms with Crippen LogP contribution in [0.15, 0.2) is 41.7 Å². The Labute approximate surface area is 180 Å². The summed E-state index contributed by atoms with van der Waals surface area (Å²) in [5.74, 6) is 0.221. The zero-order chi connectivity index (χ0) is 21.7. The highest BCUT2D eigenvalue weighted by atomic mass is 32.2. The van der Waals surface area contributed by atoms with Crippen LogP contribution in [0.2, 0.25) is 0 Å². The number of nitrogens with zero attached hydrogens (tertiary/aromatic N) is 4. The van der Waals surface area contributed by atoms with Gasteiger partial charge in [0.15, 0.2) is 5.16 Å². The molecule has 0 aliphatic rings. The molecular weight excluding hydrogens is 398 g/mol. The lowest BCUT2D eigenvalue weighted by Crippen LogP contribution is -2.33. The molecule has 0 saturated carbocycles. The van der Waals surface area contributed by atoms with Crippen LogP contribution in [0.25, 0.3) is 10.9 Å². The molecule has 0 aliphatic heterocycles. The molecule has 3 aromatic rings. The number of hydrogen-bond donors (Lipinski definition) is 1. The molecule has 2 aromatic heterocycles. The van der Waals surface area contributed by atoms with Crippen LogP contribution >= 0.6 is 11.8 Å². The number of anilines is 1. The van der Waals surface area contributed by atoms with E-state index < -0.39 is 0 Å². The molecule has 2 heterocycles. The third-order valence-electron chi connectivity index (χ3n) is 4.77. The van der Waals surface area contributed by atoms with Gasteiger partial charge in [0, 0.05) is 47.3 Å². The van der Waals surface area contributed by atoms with Crippen LogP contribution in [0.5, 0.6) is 0 Å². The van der Waals surface area contributed by atoms with Gasteiger partial charge in [0.1, 0.15) is 6.54 Å².